The standard InChI is InChI=1S/C13H17NO3/c14-12-7-6-10(8-16-12)9-17-13(15)11-4-2-1-3-5-11/h1-5,10,12H,6-9,14H2. The first-order valence-electron chi connectivity index (χ1n) is 5.85. The van der Waals surface area contributed by atoms with E-state index in [-0.39, 0.29) is 18.1 Å². The van der Waals surface area contributed by atoms with Crippen LogP contribution in [0.2, 0.25) is 0 Å². The van der Waals surface area contributed by atoms with E-state index in [0.717, 1.165) is 12.8 Å². The van der Waals surface area contributed by atoms with Gasteiger partial charge < -0.3 is 15.2 Å². The summed E-state index contributed by atoms with van der Waals surface area (Å²) in [4.78, 5) is 11.7. The van der Waals surface area contributed by atoms with E-state index in [4.69, 9.17) is 15.2 Å². The second kappa shape index (κ2) is 5.80. The fourth-order valence-electron chi connectivity index (χ4n) is 1.81. The summed E-state index contributed by atoms with van der Waals surface area (Å²) in [6.45, 7) is 0.976. The number of esters is 1. The van der Waals surface area contributed by atoms with Gasteiger partial charge in [-0.15, -0.1) is 0 Å². The van der Waals surface area contributed by atoms with Gasteiger partial charge in [-0.25, -0.2) is 4.79 Å². The zero-order valence-electron chi connectivity index (χ0n) is 9.67. The van der Waals surface area contributed by atoms with Crippen LogP contribution >= 0.6 is 0 Å². The largest absolute Gasteiger partial charge is 0.462 e. The number of hydrogen-bond donors (Lipinski definition) is 1. The van der Waals surface area contributed by atoms with Crippen molar-refractivity contribution in [1.82, 2.24) is 0 Å². The molecule has 92 valence electrons. The average molecular weight is 235 g/mol. The molecule has 4 nitrogen and oxygen atoms in total. The molecule has 2 atom stereocenters. The van der Waals surface area contributed by atoms with Gasteiger partial charge in [0.05, 0.1) is 18.8 Å². The molecule has 0 aliphatic carbocycles. The molecule has 4 heteroatoms. The molecule has 2 rings (SSSR count). The molecule has 1 fully saturated rings. The van der Waals surface area contributed by atoms with Crippen molar-refractivity contribution in [3.05, 3.63) is 35.9 Å². The lowest BCUT2D eigenvalue weighted by atomic mass is 10.0. The van der Waals surface area contributed by atoms with Crippen LogP contribution < -0.4 is 5.73 Å². The Hall–Kier alpha value is -1.39. The van der Waals surface area contributed by atoms with Crippen molar-refractivity contribution in [1.29, 1.82) is 0 Å². The van der Waals surface area contributed by atoms with Crippen LogP contribution in [0.1, 0.15) is 23.2 Å². The van der Waals surface area contributed by atoms with Crippen molar-refractivity contribution >= 4 is 5.97 Å². The van der Waals surface area contributed by atoms with Gasteiger partial charge in [0.1, 0.15) is 6.23 Å². The third-order valence-electron chi connectivity index (χ3n) is 2.87. The third-order valence-corrected chi connectivity index (χ3v) is 2.87. The van der Waals surface area contributed by atoms with Crippen LogP contribution in [0.4, 0.5) is 0 Å². The number of nitrogens with two attached hydrogens (primary N) is 1. The van der Waals surface area contributed by atoms with E-state index in [1.807, 2.05) is 18.2 Å². The van der Waals surface area contributed by atoms with Crippen molar-refractivity contribution in [2.75, 3.05) is 13.2 Å². The summed E-state index contributed by atoms with van der Waals surface area (Å²) in [6, 6.07) is 9.00. The molecular weight excluding hydrogens is 218 g/mol. The predicted octanol–water partition coefficient (Wildman–Crippen LogP) is 1.55. The Bertz CT molecular complexity index is 358. The lowest BCUT2D eigenvalue weighted by Crippen LogP contribution is -2.34. The summed E-state index contributed by atoms with van der Waals surface area (Å²) in [7, 11) is 0. The molecule has 17 heavy (non-hydrogen) atoms. The SMILES string of the molecule is NC1CCC(COC(=O)c2ccccc2)CO1. The van der Waals surface area contributed by atoms with Gasteiger partial charge in [0.2, 0.25) is 0 Å². The van der Waals surface area contributed by atoms with E-state index in [1.54, 1.807) is 12.1 Å². The molecule has 2 unspecified atom stereocenters. The maximum absolute atomic E-state index is 11.7. The number of carbonyl (C=O) groups excluding carboxylic acids is 1. The highest BCUT2D eigenvalue weighted by atomic mass is 16.5. The second-order valence-electron chi connectivity index (χ2n) is 4.28. The highest BCUT2D eigenvalue weighted by Gasteiger charge is 2.20. The fourth-order valence-corrected chi connectivity index (χ4v) is 1.81. The highest BCUT2D eigenvalue weighted by molar-refractivity contribution is 5.89. The molecule has 0 bridgehead atoms. The summed E-state index contributed by atoms with van der Waals surface area (Å²) in [5, 5.41) is 0. The lowest BCUT2D eigenvalue weighted by molar-refractivity contribution is -0.0324. The topological polar surface area (TPSA) is 61.5 Å². The van der Waals surface area contributed by atoms with Gasteiger partial charge in [0, 0.05) is 5.92 Å². The van der Waals surface area contributed by atoms with Gasteiger partial charge in [0.25, 0.3) is 0 Å². The minimum absolute atomic E-state index is 0.156. The Labute approximate surface area is 101 Å². The van der Waals surface area contributed by atoms with Crippen molar-refractivity contribution in [3.63, 3.8) is 0 Å². The number of rotatable bonds is 3. The minimum Gasteiger partial charge on any atom is -0.462 e. The van der Waals surface area contributed by atoms with Crippen LogP contribution in [0.25, 0.3) is 0 Å². The van der Waals surface area contributed by atoms with Gasteiger partial charge in [-0.05, 0) is 25.0 Å². The number of carbonyl (C=O) groups is 1. The molecule has 1 aliphatic heterocycles. The molecule has 2 N–H and O–H groups in total. The van der Waals surface area contributed by atoms with Crippen LogP contribution in [0.3, 0.4) is 0 Å². The normalized spacial score (nSPS) is 24.3. The van der Waals surface area contributed by atoms with Crippen LogP contribution in [0.15, 0.2) is 30.3 Å². The van der Waals surface area contributed by atoms with Crippen LogP contribution in [-0.4, -0.2) is 25.4 Å². The van der Waals surface area contributed by atoms with Gasteiger partial charge in [-0.2, -0.15) is 0 Å². The first kappa shape index (κ1) is 12.1. The van der Waals surface area contributed by atoms with Crippen LogP contribution in [-0.2, 0) is 9.47 Å². The van der Waals surface area contributed by atoms with E-state index in [9.17, 15) is 4.79 Å². The Balaban J connectivity index is 1.77. The Morgan fingerprint density at radius 1 is 1.35 bits per heavy atom. The van der Waals surface area contributed by atoms with Crippen molar-refractivity contribution in [2.45, 2.75) is 19.1 Å². The summed E-state index contributed by atoms with van der Waals surface area (Å²) in [5.41, 5.74) is 6.20. The van der Waals surface area contributed by atoms with Gasteiger partial charge in [0.15, 0.2) is 0 Å². The summed E-state index contributed by atoms with van der Waals surface area (Å²) in [6.07, 6.45) is 1.62. The number of hydrogen-bond acceptors (Lipinski definition) is 4. The fraction of sp³-hybridized carbons (Fsp3) is 0.462. The minimum atomic E-state index is -0.277. The second-order valence-corrected chi connectivity index (χ2v) is 4.28. The van der Waals surface area contributed by atoms with E-state index in [2.05, 4.69) is 0 Å². The maximum Gasteiger partial charge on any atom is 0.338 e. The van der Waals surface area contributed by atoms with E-state index in [0.29, 0.717) is 18.8 Å². The molecule has 1 aromatic carbocycles. The van der Waals surface area contributed by atoms with E-state index in [1.165, 1.54) is 0 Å². The number of ether oxygens (including phenoxy) is 2. The van der Waals surface area contributed by atoms with Gasteiger partial charge >= 0.3 is 5.97 Å². The molecular formula is C13H17NO3. The highest BCUT2D eigenvalue weighted by Crippen LogP contribution is 2.17. The molecule has 0 aromatic heterocycles. The molecule has 1 saturated heterocycles. The molecule has 0 saturated carbocycles. The van der Waals surface area contributed by atoms with E-state index < -0.39 is 0 Å². The Morgan fingerprint density at radius 3 is 2.76 bits per heavy atom. The average Bonchev–Trinajstić information content (AvgIpc) is 2.39. The van der Waals surface area contributed by atoms with Gasteiger partial charge in [-0.1, -0.05) is 18.2 Å². The Morgan fingerprint density at radius 2 is 2.12 bits per heavy atom. The molecule has 0 amide bonds. The summed E-state index contributed by atoms with van der Waals surface area (Å²) >= 11 is 0. The first-order valence-corrected chi connectivity index (χ1v) is 5.85. The van der Waals surface area contributed by atoms with E-state index >= 15 is 0 Å². The number of benzene rings is 1. The molecule has 1 heterocycles. The molecule has 0 spiro atoms. The summed E-state index contributed by atoms with van der Waals surface area (Å²) < 4.78 is 10.6. The summed E-state index contributed by atoms with van der Waals surface area (Å²) in [5.74, 6) is -0.0112. The zero-order chi connectivity index (χ0) is 12.1. The Kier molecular flexibility index (Phi) is 4.12. The predicted molar refractivity (Wildman–Crippen MR) is 63.4 cm³/mol. The van der Waals surface area contributed by atoms with Crippen LogP contribution in [0, 0.1) is 5.92 Å². The lowest BCUT2D eigenvalue weighted by Gasteiger charge is -2.26. The third kappa shape index (κ3) is 3.54. The molecule has 0 radical (unpaired) electrons. The quantitative estimate of drug-likeness (QED) is 0.807. The molecule has 1 aromatic rings. The smallest absolute Gasteiger partial charge is 0.338 e. The van der Waals surface area contributed by atoms with Gasteiger partial charge in [-0.3, -0.25) is 0 Å². The monoisotopic (exact) mass is 235 g/mol. The molecule has 1 aliphatic rings. The zero-order valence-corrected chi connectivity index (χ0v) is 9.67. The van der Waals surface area contributed by atoms with Crippen molar-refractivity contribution < 1.29 is 14.3 Å². The maximum atomic E-state index is 11.7. The van der Waals surface area contributed by atoms with Crippen molar-refractivity contribution in [3.8, 4) is 0 Å². The first-order chi connectivity index (χ1) is 8.25. The van der Waals surface area contributed by atoms with Crippen LogP contribution in [0.5, 0.6) is 0 Å². The van der Waals surface area contributed by atoms with Crippen molar-refractivity contribution in [2.24, 2.45) is 11.7 Å².